The second kappa shape index (κ2) is 24.2. The molecule has 0 unspecified atom stereocenters. The molecule has 0 radical (unpaired) electrons. The highest BCUT2D eigenvalue weighted by molar-refractivity contribution is 7.54. The summed E-state index contributed by atoms with van der Waals surface area (Å²) in [5.74, 6) is 2.58. The van der Waals surface area contributed by atoms with Gasteiger partial charge in [-0.3, -0.25) is 0 Å². The van der Waals surface area contributed by atoms with Crippen LogP contribution in [-0.4, -0.2) is 22.6 Å². The minimum absolute atomic E-state index is 0.549. The van der Waals surface area contributed by atoms with Crippen LogP contribution in [0.25, 0.3) is 11.1 Å². The molecule has 0 bridgehead atoms. The Morgan fingerprint density at radius 3 is 0.964 bits per heavy atom. The van der Waals surface area contributed by atoms with Crippen molar-refractivity contribution in [2.45, 2.75) is 256 Å². The lowest BCUT2D eigenvalue weighted by Gasteiger charge is -2.39. The Morgan fingerprint density at radius 1 is 0.393 bits per heavy atom. The van der Waals surface area contributed by atoms with Crippen molar-refractivity contribution in [3.8, 4) is 22.6 Å². The zero-order chi connectivity index (χ0) is 39.0. The number of aryl methyl sites for hydroxylation is 4. The van der Waals surface area contributed by atoms with Gasteiger partial charge in [0.25, 0.3) is 0 Å². The van der Waals surface area contributed by atoms with Crippen molar-refractivity contribution in [3.63, 3.8) is 0 Å². The monoisotopic (exact) mass is 803 g/mol. The van der Waals surface area contributed by atoms with Gasteiger partial charge in [0.05, 0.1) is 16.3 Å². The Kier molecular flexibility index (Phi) is 19.2. The minimum Gasteiger partial charge on any atom is -0.473 e. The molecule has 2 nitrogen and oxygen atoms in total. The van der Waals surface area contributed by atoms with Crippen LogP contribution in [0.1, 0.15) is 230 Å². The summed E-state index contributed by atoms with van der Waals surface area (Å²) >= 11 is 0. The molecule has 2 aromatic carbocycles. The third kappa shape index (κ3) is 12.5. The van der Waals surface area contributed by atoms with Crippen molar-refractivity contribution in [1.82, 2.24) is 0 Å². The van der Waals surface area contributed by atoms with Crippen LogP contribution in [0.15, 0.2) is 24.3 Å². The molecular weight excluding hydrogens is 719 g/mol. The van der Waals surface area contributed by atoms with Gasteiger partial charge >= 0.3 is 0 Å². The molecule has 4 fully saturated rings. The van der Waals surface area contributed by atoms with Gasteiger partial charge in [0.15, 0.2) is 0 Å². The zero-order valence-electron chi connectivity index (χ0n) is 37.0. The van der Waals surface area contributed by atoms with Crippen LogP contribution in [0, 0.1) is 0 Å². The molecule has 0 spiro atoms. The third-order valence-electron chi connectivity index (χ3n) is 14.1. The van der Waals surface area contributed by atoms with Crippen molar-refractivity contribution in [1.29, 1.82) is 0 Å². The first-order valence-electron chi connectivity index (χ1n) is 24.9. The maximum atomic E-state index is 8.02. The van der Waals surface area contributed by atoms with Gasteiger partial charge < -0.3 is 9.05 Å². The van der Waals surface area contributed by atoms with E-state index in [2.05, 4.69) is 52.0 Å². The summed E-state index contributed by atoms with van der Waals surface area (Å²) in [5, 5.41) is 0. The lowest BCUT2D eigenvalue weighted by atomic mass is 9.90. The van der Waals surface area contributed by atoms with E-state index in [1.807, 2.05) is 0 Å². The lowest BCUT2D eigenvalue weighted by molar-refractivity contribution is 0.447. The van der Waals surface area contributed by atoms with Crippen molar-refractivity contribution in [2.75, 3.05) is 0 Å². The van der Waals surface area contributed by atoms with Crippen LogP contribution in [0.4, 0.5) is 0 Å². The maximum absolute atomic E-state index is 8.02. The summed E-state index contributed by atoms with van der Waals surface area (Å²) in [6, 6.07) is 10.5. The van der Waals surface area contributed by atoms with Gasteiger partial charge in [-0.1, -0.05) is 143 Å². The third-order valence-corrected chi connectivity index (χ3v) is 19.8. The molecule has 0 saturated heterocycles. The second-order valence-corrected chi connectivity index (χ2v) is 23.5. The maximum Gasteiger partial charge on any atom is 0.134 e. The van der Waals surface area contributed by atoms with Crippen LogP contribution in [-0.2, 0) is 25.7 Å². The number of hydrogen-bond donors (Lipinski definition) is 0. The van der Waals surface area contributed by atoms with Crippen molar-refractivity contribution in [2.24, 2.45) is 0 Å². The highest BCUT2D eigenvalue weighted by atomic mass is 31.1. The average molecular weight is 803 g/mol. The standard InChI is InChI=1S/C52H84O2P2/c1-5-9-25-41-37-43(27-11-7-3)51(53-55(45-29-17-13-18-30-45)46-31-19-14-20-32-46)49(39-41)50-40-42(26-10-6-2)38-44(28-12-8-4)52(50)54-56(47-33-21-15-22-34-47)48-35-23-16-24-36-48/h37-40,45-48H,5-36H2,1-4H3. The van der Waals surface area contributed by atoms with E-state index in [1.54, 1.807) is 0 Å². The minimum atomic E-state index is -0.549. The number of hydrogen-bond acceptors (Lipinski definition) is 2. The zero-order valence-corrected chi connectivity index (χ0v) is 38.7. The first-order chi connectivity index (χ1) is 27.6. The molecule has 314 valence electrons. The van der Waals surface area contributed by atoms with E-state index in [4.69, 9.17) is 9.05 Å². The number of benzene rings is 2. The smallest absolute Gasteiger partial charge is 0.134 e. The van der Waals surface area contributed by atoms with E-state index < -0.39 is 16.3 Å². The van der Waals surface area contributed by atoms with Gasteiger partial charge in [0, 0.05) is 33.8 Å². The SMILES string of the molecule is CCCCc1cc(CCCC)c(OP(C2CCCCC2)C2CCCCC2)c(-c2cc(CCCC)cc(CCCC)c2OP(C2CCCCC2)C2CCCCC2)c1. The largest absolute Gasteiger partial charge is 0.473 e. The quantitative estimate of drug-likeness (QED) is 0.117. The van der Waals surface area contributed by atoms with E-state index >= 15 is 0 Å². The molecule has 6 rings (SSSR count). The summed E-state index contributed by atoms with van der Waals surface area (Å²) in [4.78, 5) is 0. The fourth-order valence-corrected chi connectivity index (χ4v) is 16.9. The molecule has 56 heavy (non-hydrogen) atoms. The number of unbranched alkanes of at least 4 members (excludes halogenated alkanes) is 4. The molecule has 4 saturated carbocycles. The Morgan fingerprint density at radius 2 is 0.679 bits per heavy atom. The van der Waals surface area contributed by atoms with Gasteiger partial charge in [-0.2, -0.15) is 0 Å². The second-order valence-electron chi connectivity index (χ2n) is 18.7. The molecule has 4 aliphatic rings. The van der Waals surface area contributed by atoms with E-state index in [0.29, 0.717) is 0 Å². The molecule has 0 heterocycles. The Balaban J connectivity index is 1.56. The molecule has 4 heteroatoms. The molecule has 0 atom stereocenters. The van der Waals surface area contributed by atoms with E-state index in [1.165, 1.54) is 225 Å². The molecule has 2 aromatic rings. The summed E-state index contributed by atoms with van der Waals surface area (Å²) in [7, 11) is -1.10. The summed E-state index contributed by atoms with van der Waals surface area (Å²) in [6.07, 6.45) is 42.4. The van der Waals surface area contributed by atoms with Crippen LogP contribution in [0.2, 0.25) is 0 Å². The first-order valence-corrected chi connectivity index (χ1v) is 27.7. The van der Waals surface area contributed by atoms with Gasteiger partial charge in [-0.05, 0) is 137 Å². The van der Waals surface area contributed by atoms with Crippen LogP contribution >= 0.6 is 16.3 Å². The normalized spacial score (nSPS) is 19.6. The molecule has 4 aliphatic carbocycles. The van der Waals surface area contributed by atoms with E-state index in [-0.39, 0.29) is 0 Å². The summed E-state index contributed by atoms with van der Waals surface area (Å²) in [5.41, 5.74) is 11.9. The van der Waals surface area contributed by atoms with Gasteiger partial charge in [0.1, 0.15) is 11.5 Å². The lowest BCUT2D eigenvalue weighted by Crippen LogP contribution is -2.24. The highest BCUT2D eigenvalue weighted by Gasteiger charge is 2.37. The van der Waals surface area contributed by atoms with Crippen LogP contribution in [0.5, 0.6) is 11.5 Å². The summed E-state index contributed by atoms with van der Waals surface area (Å²) < 4.78 is 16.0. The van der Waals surface area contributed by atoms with Crippen molar-refractivity contribution >= 4 is 16.3 Å². The van der Waals surface area contributed by atoms with Crippen LogP contribution in [0.3, 0.4) is 0 Å². The molecule has 0 N–H and O–H groups in total. The fourth-order valence-electron chi connectivity index (χ4n) is 10.7. The Labute approximate surface area is 348 Å². The van der Waals surface area contributed by atoms with E-state index in [9.17, 15) is 0 Å². The predicted molar refractivity (Wildman–Crippen MR) is 249 cm³/mol. The van der Waals surface area contributed by atoms with Gasteiger partial charge in [-0.25, -0.2) is 0 Å². The van der Waals surface area contributed by atoms with Crippen molar-refractivity contribution in [3.05, 3.63) is 46.5 Å². The highest BCUT2D eigenvalue weighted by Crippen LogP contribution is 2.61. The van der Waals surface area contributed by atoms with E-state index in [0.717, 1.165) is 48.3 Å². The van der Waals surface area contributed by atoms with Crippen LogP contribution < -0.4 is 9.05 Å². The van der Waals surface area contributed by atoms with Gasteiger partial charge in [-0.15, -0.1) is 0 Å². The summed E-state index contributed by atoms with van der Waals surface area (Å²) in [6.45, 7) is 9.47. The molecule has 0 amide bonds. The van der Waals surface area contributed by atoms with Crippen molar-refractivity contribution < 1.29 is 9.05 Å². The molecular formula is C52H84O2P2. The average Bonchev–Trinajstić information content (AvgIpc) is 3.26. The molecule has 0 aliphatic heterocycles. The Bertz CT molecular complexity index is 1270. The molecule has 0 aromatic heterocycles. The Hall–Kier alpha value is -1.10. The topological polar surface area (TPSA) is 18.5 Å². The number of rotatable bonds is 21. The first kappa shape index (κ1) is 44.5. The fraction of sp³-hybridized carbons (Fsp3) is 0.769. The predicted octanol–water partition coefficient (Wildman–Crippen LogP) is 17.6. The van der Waals surface area contributed by atoms with Gasteiger partial charge in [0.2, 0.25) is 0 Å².